The molecule has 3 aliphatic rings. The van der Waals surface area contributed by atoms with Gasteiger partial charge >= 0.3 is 0 Å². The third kappa shape index (κ3) is 5.54. The number of amides is 3. The number of benzene rings is 2. The molecule has 9 nitrogen and oxygen atoms in total. The molecule has 3 unspecified atom stereocenters. The highest BCUT2D eigenvalue weighted by Gasteiger charge is 2.80. The zero-order valence-corrected chi connectivity index (χ0v) is 29.4. The van der Waals surface area contributed by atoms with E-state index in [4.69, 9.17) is 9.47 Å². The molecule has 3 fully saturated rings. The van der Waals surface area contributed by atoms with Gasteiger partial charge in [0.2, 0.25) is 11.8 Å². The highest BCUT2D eigenvalue weighted by molar-refractivity contribution is 6.07. The van der Waals surface area contributed by atoms with Crippen LogP contribution >= 0.6 is 0 Å². The van der Waals surface area contributed by atoms with Gasteiger partial charge in [-0.05, 0) is 87.4 Å². The van der Waals surface area contributed by atoms with Crippen LogP contribution in [0.15, 0.2) is 67.8 Å². The van der Waals surface area contributed by atoms with Gasteiger partial charge in [-0.2, -0.15) is 0 Å². The Labute approximate surface area is 285 Å². The molecule has 3 heterocycles. The molecule has 3 amide bonds. The summed E-state index contributed by atoms with van der Waals surface area (Å²) in [5.41, 5.74) is 0.981. The number of rotatable bonds is 13. The molecule has 3 saturated heterocycles. The Kier molecular flexibility index (Phi) is 9.96. The van der Waals surface area contributed by atoms with Crippen LogP contribution in [0.5, 0.6) is 5.75 Å². The summed E-state index contributed by atoms with van der Waals surface area (Å²) in [4.78, 5) is 49.9. The van der Waals surface area contributed by atoms with E-state index in [1.165, 1.54) is 0 Å². The van der Waals surface area contributed by atoms with Gasteiger partial charge in [-0.25, -0.2) is 0 Å². The minimum Gasteiger partial charge on any atom is -0.494 e. The molecule has 0 aliphatic carbocycles. The first-order valence-electron chi connectivity index (χ1n) is 17.1. The third-order valence-corrected chi connectivity index (χ3v) is 10.8. The minimum atomic E-state index is -1.28. The number of aliphatic hydroxyl groups excluding tert-OH is 1. The van der Waals surface area contributed by atoms with Crippen molar-refractivity contribution in [3.63, 3.8) is 0 Å². The first-order chi connectivity index (χ1) is 22.8. The molecule has 0 aromatic heterocycles. The van der Waals surface area contributed by atoms with Gasteiger partial charge in [-0.15, -0.1) is 13.2 Å². The lowest BCUT2D eigenvalue weighted by molar-refractivity contribution is -0.150. The van der Waals surface area contributed by atoms with Crippen LogP contribution in [0.4, 0.5) is 11.4 Å². The second-order valence-electron chi connectivity index (χ2n) is 14.1. The Hall–Kier alpha value is -3.95. The summed E-state index contributed by atoms with van der Waals surface area (Å²) in [7, 11) is 0. The van der Waals surface area contributed by atoms with E-state index in [1.54, 1.807) is 26.9 Å². The number of hydrogen-bond acceptors (Lipinski definition) is 6. The normalized spacial score (nSPS) is 27.9. The van der Waals surface area contributed by atoms with Gasteiger partial charge in [0, 0.05) is 24.5 Å². The fraction of sp³-hybridized carbons (Fsp3) is 0.513. The molecule has 48 heavy (non-hydrogen) atoms. The standard InChI is InChI=1S/C39H51N3O6/c1-10-19-40(28-15-17-29(18-16-28)47-12-3)35(44)32-33-36(45)42(31(23-43)24(4)5)34(39(33)22-27(8)38(32,9)48-39)37(46)41(20-11-2)30-21-25(6)13-14-26(30)7/h10-11,13-18,21,24,27,31-34,43H,1-2,12,19-20,22-23H2,3-9H3/t27?,31-,32+,33-,34?,38-,39?/m0/s1. The molecule has 258 valence electrons. The second-order valence-corrected chi connectivity index (χ2v) is 14.1. The van der Waals surface area contributed by atoms with Crippen molar-refractivity contribution in [2.24, 2.45) is 23.7 Å². The van der Waals surface area contributed by atoms with E-state index in [0.29, 0.717) is 24.5 Å². The summed E-state index contributed by atoms with van der Waals surface area (Å²) >= 11 is 0. The van der Waals surface area contributed by atoms with Crippen LogP contribution in [0.3, 0.4) is 0 Å². The van der Waals surface area contributed by atoms with Crippen molar-refractivity contribution >= 4 is 29.1 Å². The Balaban J connectivity index is 1.66. The first-order valence-corrected chi connectivity index (χ1v) is 17.1. The Morgan fingerprint density at radius 2 is 1.73 bits per heavy atom. The summed E-state index contributed by atoms with van der Waals surface area (Å²) in [5.74, 6) is -2.32. The van der Waals surface area contributed by atoms with Crippen molar-refractivity contribution in [2.75, 3.05) is 36.1 Å². The predicted molar refractivity (Wildman–Crippen MR) is 188 cm³/mol. The lowest BCUT2D eigenvalue weighted by Gasteiger charge is -2.41. The zero-order chi connectivity index (χ0) is 35.1. The smallest absolute Gasteiger partial charge is 0.253 e. The number of hydrogen-bond donors (Lipinski definition) is 1. The average molecular weight is 658 g/mol. The number of fused-ring (bicyclic) bond motifs is 1. The molecule has 2 bridgehead atoms. The molecular formula is C39H51N3O6. The molecule has 0 radical (unpaired) electrons. The number of ether oxygens (including phenoxy) is 2. The number of carbonyl (C=O) groups is 3. The van der Waals surface area contributed by atoms with Gasteiger partial charge in [-0.3, -0.25) is 14.4 Å². The molecule has 2 aromatic rings. The van der Waals surface area contributed by atoms with Crippen molar-refractivity contribution in [1.29, 1.82) is 0 Å². The SMILES string of the molecule is C=CCN(C(=O)[C@H]1[C@H]2C(=O)N([C@@H](CO)C(C)C)C(C(=O)N(CC=C)c3cc(C)ccc3C)C23CC(C)[C@]1(C)O3)c1ccc(OCC)cc1. The first kappa shape index (κ1) is 35.4. The summed E-state index contributed by atoms with van der Waals surface area (Å²) in [6.07, 6.45) is 3.76. The number of nitrogens with zero attached hydrogens (tertiary/aromatic N) is 3. The van der Waals surface area contributed by atoms with Gasteiger partial charge < -0.3 is 29.3 Å². The maximum Gasteiger partial charge on any atom is 0.253 e. The topological polar surface area (TPSA) is 99.6 Å². The van der Waals surface area contributed by atoms with Crippen LogP contribution in [-0.2, 0) is 19.1 Å². The van der Waals surface area contributed by atoms with E-state index < -0.39 is 35.1 Å². The van der Waals surface area contributed by atoms with Gasteiger partial charge in [0.1, 0.15) is 17.4 Å². The predicted octanol–water partition coefficient (Wildman–Crippen LogP) is 5.47. The Morgan fingerprint density at radius 1 is 1.08 bits per heavy atom. The molecule has 7 atom stereocenters. The monoisotopic (exact) mass is 657 g/mol. The lowest BCUT2D eigenvalue weighted by Crippen LogP contribution is -2.60. The minimum absolute atomic E-state index is 0.142. The molecule has 1 spiro atoms. The van der Waals surface area contributed by atoms with E-state index in [1.807, 2.05) is 90.9 Å². The van der Waals surface area contributed by atoms with Gasteiger partial charge in [-0.1, -0.05) is 45.1 Å². The highest BCUT2D eigenvalue weighted by atomic mass is 16.5. The van der Waals surface area contributed by atoms with Crippen LogP contribution < -0.4 is 14.5 Å². The molecule has 5 rings (SSSR count). The molecule has 9 heteroatoms. The summed E-state index contributed by atoms with van der Waals surface area (Å²) < 4.78 is 12.7. The van der Waals surface area contributed by atoms with E-state index >= 15 is 4.79 Å². The second kappa shape index (κ2) is 13.5. The summed E-state index contributed by atoms with van der Waals surface area (Å²) in [6, 6.07) is 11.5. The lowest BCUT2D eigenvalue weighted by atomic mass is 9.62. The number of aliphatic hydroxyl groups is 1. The van der Waals surface area contributed by atoms with E-state index in [-0.39, 0.29) is 49.3 Å². The maximum absolute atomic E-state index is 15.2. The van der Waals surface area contributed by atoms with E-state index in [9.17, 15) is 14.7 Å². The Morgan fingerprint density at radius 3 is 2.31 bits per heavy atom. The third-order valence-electron chi connectivity index (χ3n) is 10.8. The highest BCUT2D eigenvalue weighted by Crippen LogP contribution is 2.66. The van der Waals surface area contributed by atoms with Crippen LogP contribution in [-0.4, -0.2) is 77.3 Å². The molecule has 0 saturated carbocycles. The van der Waals surface area contributed by atoms with E-state index in [2.05, 4.69) is 13.2 Å². The summed E-state index contributed by atoms with van der Waals surface area (Å²) in [5, 5.41) is 10.7. The number of likely N-dealkylation sites (tertiary alicyclic amines) is 1. The van der Waals surface area contributed by atoms with Gasteiger partial charge in [0.05, 0.1) is 36.7 Å². The van der Waals surface area contributed by atoms with Crippen molar-refractivity contribution in [3.05, 3.63) is 78.9 Å². The number of anilines is 2. The zero-order valence-electron chi connectivity index (χ0n) is 29.4. The van der Waals surface area contributed by atoms with Gasteiger partial charge in [0.15, 0.2) is 0 Å². The summed E-state index contributed by atoms with van der Waals surface area (Å²) in [6.45, 7) is 22.1. The largest absolute Gasteiger partial charge is 0.494 e. The Bertz CT molecular complexity index is 1570. The number of aryl methyl sites for hydroxylation is 2. The molecule has 2 aromatic carbocycles. The number of carbonyl (C=O) groups excluding carboxylic acids is 3. The maximum atomic E-state index is 15.2. The molecule has 3 aliphatic heterocycles. The van der Waals surface area contributed by atoms with Crippen molar-refractivity contribution in [3.8, 4) is 5.75 Å². The van der Waals surface area contributed by atoms with Crippen molar-refractivity contribution in [1.82, 2.24) is 4.90 Å². The quantitative estimate of drug-likeness (QED) is 0.287. The van der Waals surface area contributed by atoms with Gasteiger partial charge in [0.25, 0.3) is 5.91 Å². The van der Waals surface area contributed by atoms with Crippen molar-refractivity contribution < 1.29 is 29.0 Å². The van der Waals surface area contributed by atoms with Crippen LogP contribution in [0, 0.1) is 37.5 Å². The fourth-order valence-corrected chi connectivity index (χ4v) is 8.41. The average Bonchev–Trinajstić information content (AvgIpc) is 3.56. The van der Waals surface area contributed by atoms with E-state index in [0.717, 1.165) is 16.8 Å². The molecular weight excluding hydrogens is 606 g/mol. The van der Waals surface area contributed by atoms with Crippen LogP contribution in [0.2, 0.25) is 0 Å². The fourth-order valence-electron chi connectivity index (χ4n) is 8.41. The molecule has 1 N–H and O–H groups in total. The van der Waals surface area contributed by atoms with Crippen LogP contribution in [0.1, 0.15) is 52.2 Å². The van der Waals surface area contributed by atoms with Crippen LogP contribution in [0.25, 0.3) is 0 Å². The van der Waals surface area contributed by atoms with Crippen molar-refractivity contribution in [2.45, 2.75) is 78.2 Å².